The first-order chi connectivity index (χ1) is 7.45. The van der Waals surface area contributed by atoms with E-state index in [1.54, 1.807) is 0 Å². The molecular weight excluding hydrogens is 196 g/mol. The highest BCUT2D eigenvalue weighted by Crippen LogP contribution is 2.20. The molecular formula is C15H32O. The standard InChI is InChI=1S/C15H32O/c1-6-13(4)8-7-9-14(5)11-15(16)10-12(2)3/h12-16H,6-11H2,1-5H3. The van der Waals surface area contributed by atoms with Gasteiger partial charge < -0.3 is 5.11 Å². The average molecular weight is 228 g/mol. The summed E-state index contributed by atoms with van der Waals surface area (Å²) in [7, 11) is 0. The van der Waals surface area contributed by atoms with Crippen molar-refractivity contribution in [3.63, 3.8) is 0 Å². The van der Waals surface area contributed by atoms with Crippen LogP contribution in [0.15, 0.2) is 0 Å². The Hall–Kier alpha value is -0.0400. The zero-order valence-corrected chi connectivity index (χ0v) is 12.0. The van der Waals surface area contributed by atoms with Crippen LogP contribution in [-0.4, -0.2) is 11.2 Å². The molecule has 1 nitrogen and oxygen atoms in total. The molecule has 0 aromatic carbocycles. The topological polar surface area (TPSA) is 20.2 Å². The molecule has 98 valence electrons. The Morgan fingerprint density at radius 3 is 1.94 bits per heavy atom. The number of aliphatic hydroxyl groups is 1. The second kappa shape index (κ2) is 9.04. The summed E-state index contributed by atoms with van der Waals surface area (Å²) in [5, 5.41) is 9.84. The van der Waals surface area contributed by atoms with Crippen LogP contribution >= 0.6 is 0 Å². The van der Waals surface area contributed by atoms with Crippen molar-refractivity contribution in [3.8, 4) is 0 Å². The summed E-state index contributed by atoms with van der Waals surface area (Å²) in [6.07, 6.45) is 7.10. The lowest BCUT2D eigenvalue weighted by atomic mass is 9.91. The van der Waals surface area contributed by atoms with Gasteiger partial charge in [-0.05, 0) is 30.6 Å². The quantitative estimate of drug-likeness (QED) is 0.609. The summed E-state index contributed by atoms with van der Waals surface area (Å²) in [5.74, 6) is 2.16. The van der Waals surface area contributed by atoms with Gasteiger partial charge in [0.05, 0.1) is 6.10 Å². The zero-order chi connectivity index (χ0) is 12.6. The molecule has 0 spiro atoms. The summed E-state index contributed by atoms with van der Waals surface area (Å²) in [6.45, 7) is 11.2. The third kappa shape index (κ3) is 9.21. The van der Waals surface area contributed by atoms with E-state index in [2.05, 4.69) is 34.6 Å². The Morgan fingerprint density at radius 1 is 0.875 bits per heavy atom. The molecule has 0 heterocycles. The lowest BCUT2D eigenvalue weighted by molar-refractivity contribution is 0.120. The Balaban J connectivity index is 3.53. The molecule has 0 radical (unpaired) electrons. The van der Waals surface area contributed by atoms with Gasteiger partial charge in [0.25, 0.3) is 0 Å². The number of rotatable bonds is 9. The minimum atomic E-state index is -0.0846. The fraction of sp³-hybridized carbons (Fsp3) is 1.00. The van der Waals surface area contributed by atoms with Gasteiger partial charge in [0, 0.05) is 0 Å². The highest BCUT2D eigenvalue weighted by Gasteiger charge is 2.12. The van der Waals surface area contributed by atoms with Gasteiger partial charge >= 0.3 is 0 Å². The first-order valence-corrected chi connectivity index (χ1v) is 7.13. The van der Waals surface area contributed by atoms with Crippen LogP contribution in [0.1, 0.15) is 73.1 Å². The van der Waals surface area contributed by atoms with E-state index in [-0.39, 0.29) is 6.10 Å². The summed E-state index contributed by atoms with van der Waals surface area (Å²) >= 11 is 0. The first kappa shape index (κ1) is 16.0. The second-order valence-corrected chi connectivity index (χ2v) is 6.07. The number of aliphatic hydroxyl groups excluding tert-OH is 1. The molecule has 0 fully saturated rings. The summed E-state index contributed by atoms with van der Waals surface area (Å²) in [6, 6.07) is 0. The van der Waals surface area contributed by atoms with E-state index in [1.165, 1.54) is 25.7 Å². The Morgan fingerprint density at radius 2 is 1.44 bits per heavy atom. The van der Waals surface area contributed by atoms with Gasteiger partial charge in [0.15, 0.2) is 0 Å². The van der Waals surface area contributed by atoms with E-state index in [1.807, 2.05) is 0 Å². The van der Waals surface area contributed by atoms with Crippen molar-refractivity contribution in [2.75, 3.05) is 0 Å². The van der Waals surface area contributed by atoms with Gasteiger partial charge in [0.1, 0.15) is 0 Å². The minimum Gasteiger partial charge on any atom is -0.393 e. The van der Waals surface area contributed by atoms with Gasteiger partial charge in [-0.3, -0.25) is 0 Å². The molecule has 1 heteroatoms. The SMILES string of the molecule is CCC(C)CCCC(C)CC(O)CC(C)C. The first-order valence-electron chi connectivity index (χ1n) is 7.13. The molecule has 16 heavy (non-hydrogen) atoms. The molecule has 0 bridgehead atoms. The van der Waals surface area contributed by atoms with E-state index >= 15 is 0 Å². The van der Waals surface area contributed by atoms with Crippen molar-refractivity contribution in [2.24, 2.45) is 17.8 Å². The summed E-state index contributed by atoms with van der Waals surface area (Å²) in [4.78, 5) is 0. The van der Waals surface area contributed by atoms with Crippen molar-refractivity contribution in [3.05, 3.63) is 0 Å². The predicted molar refractivity (Wildman–Crippen MR) is 72.5 cm³/mol. The molecule has 0 aromatic heterocycles. The largest absolute Gasteiger partial charge is 0.393 e. The second-order valence-electron chi connectivity index (χ2n) is 6.07. The monoisotopic (exact) mass is 228 g/mol. The molecule has 0 aliphatic heterocycles. The van der Waals surface area contributed by atoms with Gasteiger partial charge in [-0.1, -0.05) is 60.3 Å². The van der Waals surface area contributed by atoms with Crippen LogP contribution < -0.4 is 0 Å². The Labute approximate surface area is 103 Å². The third-order valence-electron chi connectivity index (χ3n) is 3.51. The van der Waals surface area contributed by atoms with Crippen LogP contribution in [0.4, 0.5) is 0 Å². The van der Waals surface area contributed by atoms with Crippen LogP contribution in [0.5, 0.6) is 0 Å². The average Bonchev–Trinajstić information content (AvgIpc) is 2.15. The molecule has 0 aliphatic carbocycles. The highest BCUT2D eigenvalue weighted by atomic mass is 16.3. The molecule has 1 N–H and O–H groups in total. The van der Waals surface area contributed by atoms with E-state index in [0.29, 0.717) is 11.8 Å². The van der Waals surface area contributed by atoms with E-state index in [9.17, 15) is 5.11 Å². The number of hydrogen-bond donors (Lipinski definition) is 1. The molecule has 3 unspecified atom stereocenters. The van der Waals surface area contributed by atoms with Crippen molar-refractivity contribution in [1.82, 2.24) is 0 Å². The maximum absolute atomic E-state index is 9.84. The zero-order valence-electron chi connectivity index (χ0n) is 12.0. The fourth-order valence-corrected chi connectivity index (χ4v) is 2.24. The van der Waals surface area contributed by atoms with E-state index < -0.39 is 0 Å². The Bertz CT molecular complexity index is 154. The molecule has 0 aromatic rings. The Kier molecular flexibility index (Phi) is 9.02. The van der Waals surface area contributed by atoms with Crippen molar-refractivity contribution in [2.45, 2.75) is 79.2 Å². The third-order valence-corrected chi connectivity index (χ3v) is 3.51. The van der Waals surface area contributed by atoms with Crippen LogP contribution in [0.2, 0.25) is 0 Å². The van der Waals surface area contributed by atoms with Gasteiger partial charge in [-0.15, -0.1) is 0 Å². The molecule has 0 rings (SSSR count). The predicted octanol–water partition coefficient (Wildman–Crippen LogP) is 4.64. The van der Waals surface area contributed by atoms with Crippen LogP contribution in [0.3, 0.4) is 0 Å². The fourth-order valence-electron chi connectivity index (χ4n) is 2.24. The summed E-state index contributed by atoms with van der Waals surface area (Å²) in [5.41, 5.74) is 0. The maximum atomic E-state index is 9.84. The summed E-state index contributed by atoms with van der Waals surface area (Å²) < 4.78 is 0. The van der Waals surface area contributed by atoms with Crippen LogP contribution in [-0.2, 0) is 0 Å². The number of hydrogen-bond acceptors (Lipinski definition) is 1. The van der Waals surface area contributed by atoms with Crippen molar-refractivity contribution in [1.29, 1.82) is 0 Å². The van der Waals surface area contributed by atoms with Gasteiger partial charge in [0.2, 0.25) is 0 Å². The van der Waals surface area contributed by atoms with E-state index in [0.717, 1.165) is 18.8 Å². The molecule has 0 saturated carbocycles. The van der Waals surface area contributed by atoms with Crippen molar-refractivity contribution < 1.29 is 5.11 Å². The molecule has 0 amide bonds. The lowest BCUT2D eigenvalue weighted by Crippen LogP contribution is -2.14. The van der Waals surface area contributed by atoms with Gasteiger partial charge in [-0.2, -0.15) is 0 Å². The molecule has 0 aliphatic rings. The van der Waals surface area contributed by atoms with Crippen molar-refractivity contribution >= 4 is 0 Å². The van der Waals surface area contributed by atoms with E-state index in [4.69, 9.17) is 0 Å². The van der Waals surface area contributed by atoms with Gasteiger partial charge in [-0.25, -0.2) is 0 Å². The smallest absolute Gasteiger partial charge is 0.0545 e. The van der Waals surface area contributed by atoms with Crippen LogP contribution in [0.25, 0.3) is 0 Å². The minimum absolute atomic E-state index is 0.0846. The molecule has 0 saturated heterocycles. The lowest BCUT2D eigenvalue weighted by Gasteiger charge is -2.18. The van der Waals surface area contributed by atoms with Crippen LogP contribution in [0, 0.1) is 17.8 Å². The normalized spacial score (nSPS) is 17.4. The molecule has 3 atom stereocenters. The highest BCUT2D eigenvalue weighted by molar-refractivity contribution is 4.64. The maximum Gasteiger partial charge on any atom is 0.0545 e.